The van der Waals surface area contributed by atoms with Crippen LogP contribution in [0.4, 0.5) is 15.1 Å². The van der Waals surface area contributed by atoms with E-state index in [-0.39, 0.29) is 49.3 Å². The number of rotatable bonds is 10. The lowest BCUT2D eigenvalue weighted by atomic mass is 9.93. The fourth-order valence-corrected chi connectivity index (χ4v) is 3.05. The van der Waals surface area contributed by atoms with E-state index in [0.717, 1.165) is 5.71 Å². The number of allylic oxidation sites excluding steroid dienone is 2. The molecular weight excluding hydrogens is 437 g/mol. The summed E-state index contributed by atoms with van der Waals surface area (Å²) in [6.45, 7) is 6.87. The van der Waals surface area contributed by atoms with Gasteiger partial charge in [-0.05, 0) is 65.0 Å². The van der Waals surface area contributed by atoms with Crippen molar-refractivity contribution in [2.75, 3.05) is 5.32 Å². The summed E-state index contributed by atoms with van der Waals surface area (Å²) in [4.78, 5) is 40.6. The second-order valence-corrected chi connectivity index (χ2v) is 8.64. The number of nitrogens with zero attached hydrogens (tertiary/aromatic N) is 4. The summed E-state index contributed by atoms with van der Waals surface area (Å²) >= 11 is 0. The molecule has 1 aliphatic rings. The van der Waals surface area contributed by atoms with Gasteiger partial charge < -0.3 is 14.9 Å². The highest BCUT2D eigenvalue weighted by molar-refractivity contribution is 5.95. The lowest BCUT2D eigenvalue weighted by Crippen LogP contribution is -2.45. The van der Waals surface area contributed by atoms with Crippen molar-refractivity contribution in [3.63, 3.8) is 0 Å². The molecule has 0 saturated carbocycles. The van der Waals surface area contributed by atoms with Crippen molar-refractivity contribution in [2.24, 2.45) is 11.1 Å². The Kier molecular flexibility index (Phi) is 9.43. The summed E-state index contributed by atoms with van der Waals surface area (Å²) in [5.41, 5.74) is -0.0224. The van der Waals surface area contributed by atoms with Crippen LogP contribution >= 0.6 is 0 Å². The molecule has 2 heterocycles. The van der Waals surface area contributed by atoms with Crippen LogP contribution in [-0.2, 0) is 19.2 Å². The van der Waals surface area contributed by atoms with Crippen LogP contribution in [0.15, 0.2) is 17.1 Å². The van der Waals surface area contributed by atoms with Crippen LogP contribution in [0, 0.1) is 5.92 Å². The number of anilines is 1. The van der Waals surface area contributed by atoms with Crippen LogP contribution in [0.3, 0.4) is 0 Å². The molecule has 182 valence electrons. The van der Waals surface area contributed by atoms with E-state index < -0.39 is 23.6 Å². The van der Waals surface area contributed by atoms with Crippen molar-refractivity contribution in [2.45, 2.75) is 77.9 Å². The number of aromatic nitrogens is 4. The number of H-pyrrole nitrogens is 1. The number of ether oxygens (including phenoxy) is 1. The average molecular weight is 468 g/mol. The largest absolute Gasteiger partial charge is 0.444 e. The molecule has 2 rings (SSSR count). The number of carbonyl (C=O) groups excluding carboxylic acids is 3. The third-order valence-electron chi connectivity index (χ3n) is 4.67. The Balaban J connectivity index is 1.86. The first-order chi connectivity index (χ1) is 15.5. The molecule has 12 nitrogen and oxygen atoms in total. The van der Waals surface area contributed by atoms with Crippen LogP contribution in [0.5, 0.6) is 0 Å². The van der Waals surface area contributed by atoms with Crippen LogP contribution in [0.1, 0.15) is 66.2 Å². The Hall–Kier alpha value is -3.38. The van der Waals surface area contributed by atoms with Crippen molar-refractivity contribution in [1.82, 2.24) is 25.9 Å². The number of hydrogen-bond donors (Lipinski definition) is 3. The summed E-state index contributed by atoms with van der Waals surface area (Å²) < 4.78 is 19.5. The van der Waals surface area contributed by atoms with E-state index in [9.17, 15) is 18.8 Å². The van der Waals surface area contributed by atoms with Crippen molar-refractivity contribution < 1.29 is 28.3 Å². The fourth-order valence-electron chi connectivity index (χ4n) is 3.05. The topological polar surface area (TPSA) is 161 Å². The van der Waals surface area contributed by atoms with Crippen LogP contribution in [-0.4, -0.2) is 55.9 Å². The molecule has 0 saturated heterocycles. The maximum Gasteiger partial charge on any atom is 0.408 e. The fraction of sp³-hybridized carbons (Fsp3) is 0.650. The van der Waals surface area contributed by atoms with Crippen LogP contribution in [0.2, 0.25) is 0 Å². The van der Waals surface area contributed by atoms with E-state index in [0.29, 0.717) is 12.8 Å². The molecule has 0 spiro atoms. The smallest absolute Gasteiger partial charge is 0.408 e. The number of carbonyl (C=O) groups is 3. The second-order valence-electron chi connectivity index (χ2n) is 8.64. The Morgan fingerprint density at radius 3 is 2.82 bits per heavy atom. The number of hydrogen-bond acceptors (Lipinski definition) is 9. The number of tetrazole rings is 1. The van der Waals surface area contributed by atoms with Crippen molar-refractivity contribution in [3.05, 3.63) is 11.9 Å². The Labute approximate surface area is 190 Å². The van der Waals surface area contributed by atoms with Crippen LogP contribution in [0.25, 0.3) is 0 Å². The second kappa shape index (κ2) is 12.0. The molecule has 0 fully saturated rings. The molecule has 1 aliphatic heterocycles. The van der Waals surface area contributed by atoms with Gasteiger partial charge >= 0.3 is 12.1 Å². The summed E-state index contributed by atoms with van der Waals surface area (Å²) in [5.74, 6) is -1.41. The zero-order chi connectivity index (χ0) is 24.4. The number of alkyl carbamates (subject to hydrolysis) is 1. The van der Waals surface area contributed by atoms with Gasteiger partial charge in [-0.1, -0.05) is 16.3 Å². The van der Waals surface area contributed by atoms with Gasteiger partial charge in [-0.2, -0.15) is 5.21 Å². The Bertz CT molecular complexity index is 880. The number of halogens is 1. The molecule has 0 aliphatic carbocycles. The van der Waals surface area contributed by atoms with E-state index in [4.69, 9.17) is 4.74 Å². The molecule has 0 radical (unpaired) electrons. The average Bonchev–Trinajstić information content (AvgIpc) is 3.21. The van der Waals surface area contributed by atoms with Crippen molar-refractivity contribution in [3.8, 4) is 0 Å². The van der Waals surface area contributed by atoms with Crippen molar-refractivity contribution >= 4 is 29.6 Å². The first-order valence-electron chi connectivity index (χ1n) is 10.7. The van der Waals surface area contributed by atoms with Crippen LogP contribution < -0.4 is 10.6 Å². The van der Waals surface area contributed by atoms with Gasteiger partial charge in [0, 0.05) is 5.92 Å². The lowest BCUT2D eigenvalue weighted by Gasteiger charge is -2.22. The van der Waals surface area contributed by atoms with Gasteiger partial charge in [0.15, 0.2) is 0 Å². The minimum absolute atomic E-state index is 0.0460. The molecule has 33 heavy (non-hydrogen) atoms. The SMILES string of the molecule is CC1=NOC(=O)CC1CCC/C(F)=C\CC[C@H](NC(=O)OC(C)(C)C)C(=O)Nc1nn[nH]n1. The predicted molar refractivity (Wildman–Crippen MR) is 116 cm³/mol. The standard InChI is InChI=1S/C20H30FN7O5/c1-12-13(11-16(29)33-26-12)7-5-8-14(21)9-6-10-15(22-19(31)32-20(2,3)4)17(30)23-18-24-27-28-25-18/h9,13,15H,5-8,10-11H2,1-4H3,(H,22,31)(H2,23,24,25,27,28,30)/b14-9+/t13?,15-/m0/s1. The number of oxime groups is 1. The molecule has 1 unspecified atom stereocenters. The summed E-state index contributed by atoms with van der Waals surface area (Å²) in [7, 11) is 0. The minimum Gasteiger partial charge on any atom is -0.444 e. The normalized spacial score (nSPS) is 17.6. The summed E-state index contributed by atoms with van der Waals surface area (Å²) in [5, 5.41) is 21.4. The van der Waals surface area contributed by atoms with E-state index in [2.05, 4.69) is 41.3 Å². The third-order valence-corrected chi connectivity index (χ3v) is 4.67. The monoisotopic (exact) mass is 467 g/mol. The molecule has 1 aromatic heterocycles. The van der Waals surface area contributed by atoms with E-state index >= 15 is 0 Å². The molecule has 2 atom stereocenters. The highest BCUT2D eigenvalue weighted by Gasteiger charge is 2.25. The highest BCUT2D eigenvalue weighted by Crippen LogP contribution is 2.22. The maximum atomic E-state index is 14.3. The Morgan fingerprint density at radius 2 is 2.15 bits per heavy atom. The maximum absolute atomic E-state index is 14.3. The zero-order valence-electron chi connectivity index (χ0n) is 19.2. The number of nitrogens with one attached hydrogen (secondary N) is 3. The highest BCUT2D eigenvalue weighted by atomic mass is 19.1. The quantitative estimate of drug-likeness (QED) is 0.443. The van der Waals surface area contributed by atoms with E-state index in [1.54, 1.807) is 27.7 Å². The molecule has 0 aromatic carbocycles. The predicted octanol–water partition coefficient (Wildman–Crippen LogP) is 2.77. The molecule has 3 N–H and O–H groups in total. The van der Waals surface area contributed by atoms with Gasteiger partial charge in [0.2, 0.25) is 5.91 Å². The molecule has 0 bridgehead atoms. The third kappa shape index (κ3) is 9.74. The van der Waals surface area contributed by atoms with Gasteiger partial charge in [-0.15, -0.1) is 5.10 Å². The van der Waals surface area contributed by atoms with E-state index in [1.807, 2.05) is 0 Å². The van der Waals surface area contributed by atoms with Crippen molar-refractivity contribution in [1.29, 1.82) is 0 Å². The van der Waals surface area contributed by atoms with E-state index in [1.165, 1.54) is 6.08 Å². The summed E-state index contributed by atoms with van der Waals surface area (Å²) in [6.07, 6.45) is 2.50. The molecule has 13 heteroatoms. The number of amides is 2. The summed E-state index contributed by atoms with van der Waals surface area (Å²) in [6, 6.07) is -1.01. The first kappa shape index (κ1) is 25.9. The van der Waals surface area contributed by atoms with Gasteiger partial charge in [0.25, 0.3) is 5.95 Å². The Morgan fingerprint density at radius 1 is 1.39 bits per heavy atom. The molecule has 1 aromatic rings. The minimum atomic E-state index is -1.01. The van der Waals surface area contributed by atoms with Gasteiger partial charge in [0.05, 0.1) is 18.0 Å². The zero-order valence-corrected chi connectivity index (χ0v) is 19.2. The lowest BCUT2D eigenvalue weighted by molar-refractivity contribution is -0.145. The van der Waals surface area contributed by atoms with Gasteiger partial charge in [-0.3, -0.25) is 10.1 Å². The van der Waals surface area contributed by atoms with Gasteiger partial charge in [-0.25, -0.2) is 14.0 Å². The molecule has 2 amide bonds. The molecular formula is C20H30FN7O5. The van der Waals surface area contributed by atoms with Gasteiger partial charge in [0.1, 0.15) is 11.6 Å². The number of aromatic amines is 1. The first-order valence-corrected chi connectivity index (χ1v) is 10.7.